The van der Waals surface area contributed by atoms with Crippen LogP contribution in [0.5, 0.6) is 0 Å². The summed E-state index contributed by atoms with van der Waals surface area (Å²) in [4.78, 5) is 0. The predicted molar refractivity (Wildman–Crippen MR) is 27.9 cm³/mol. The first-order valence-corrected chi connectivity index (χ1v) is 2.25. The van der Waals surface area contributed by atoms with Crippen molar-refractivity contribution in [1.82, 2.24) is 9.78 Å². The van der Waals surface area contributed by atoms with E-state index in [0.717, 1.165) is 5.69 Å². The van der Waals surface area contributed by atoms with Crippen molar-refractivity contribution in [3.63, 3.8) is 0 Å². The molecule has 0 fully saturated rings. The summed E-state index contributed by atoms with van der Waals surface area (Å²) >= 11 is 0. The van der Waals surface area contributed by atoms with Gasteiger partial charge >= 0.3 is 0 Å². The van der Waals surface area contributed by atoms with Crippen molar-refractivity contribution in [2.45, 2.75) is 6.92 Å². The SMILES string of the molecule is Cc1ccn(C)n1. The third-order valence-corrected chi connectivity index (χ3v) is 0.847. The first kappa shape index (κ1) is 4.37. The van der Waals surface area contributed by atoms with E-state index in [-0.39, 0.29) is 0 Å². The van der Waals surface area contributed by atoms with Crippen molar-refractivity contribution in [2.24, 2.45) is 7.05 Å². The van der Waals surface area contributed by atoms with Gasteiger partial charge in [0.05, 0.1) is 5.69 Å². The van der Waals surface area contributed by atoms with Gasteiger partial charge < -0.3 is 0 Å². The molecule has 1 aromatic rings. The largest absolute Gasteiger partial charge is 0.276 e. The Morgan fingerprint density at radius 1 is 1.71 bits per heavy atom. The summed E-state index contributed by atoms with van der Waals surface area (Å²) in [6.07, 6.45) is 1.93. The van der Waals surface area contributed by atoms with Crippen molar-refractivity contribution in [1.29, 1.82) is 0 Å². The minimum atomic E-state index is 1.07. The second-order valence-electron chi connectivity index (χ2n) is 1.63. The Morgan fingerprint density at radius 3 is 2.57 bits per heavy atom. The van der Waals surface area contributed by atoms with Crippen molar-refractivity contribution < 1.29 is 0 Å². The van der Waals surface area contributed by atoms with Gasteiger partial charge in [-0.15, -0.1) is 0 Å². The average Bonchev–Trinajstić information content (AvgIpc) is 1.87. The summed E-state index contributed by atoms with van der Waals surface area (Å²) in [7, 11) is 1.91. The number of aromatic nitrogens is 2. The molecule has 0 saturated heterocycles. The van der Waals surface area contributed by atoms with Crippen molar-refractivity contribution in [3.05, 3.63) is 18.0 Å². The number of nitrogens with zero attached hydrogens (tertiary/aromatic N) is 2. The van der Waals surface area contributed by atoms with Crippen LogP contribution in [-0.4, -0.2) is 9.78 Å². The molecule has 7 heavy (non-hydrogen) atoms. The van der Waals surface area contributed by atoms with Gasteiger partial charge in [0, 0.05) is 13.2 Å². The van der Waals surface area contributed by atoms with Gasteiger partial charge in [0.25, 0.3) is 0 Å². The van der Waals surface area contributed by atoms with Crippen LogP contribution in [0.15, 0.2) is 12.3 Å². The highest BCUT2D eigenvalue weighted by Gasteiger charge is 1.81. The van der Waals surface area contributed by atoms with E-state index in [0.29, 0.717) is 0 Å². The summed E-state index contributed by atoms with van der Waals surface area (Å²) in [6, 6.07) is 1.97. The predicted octanol–water partition coefficient (Wildman–Crippen LogP) is 0.729. The zero-order valence-electron chi connectivity index (χ0n) is 4.55. The monoisotopic (exact) mass is 96.1 g/mol. The lowest BCUT2D eigenvalue weighted by Crippen LogP contribution is -1.86. The van der Waals surface area contributed by atoms with Crippen LogP contribution < -0.4 is 0 Å². The average molecular weight is 96.1 g/mol. The Hall–Kier alpha value is -0.790. The first-order chi connectivity index (χ1) is 3.29. The normalized spacial score (nSPS) is 9.43. The summed E-state index contributed by atoms with van der Waals surface area (Å²) < 4.78 is 1.79. The van der Waals surface area contributed by atoms with Crippen LogP contribution in [0, 0.1) is 6.92 Å². The van der Waals surface area contributed by atoms with Crippen LogP contribution in [0.3, 0.4) is 0 Å². The molecular weight excluding hydrogens is 88.1 g/mol. The molecule has 1 rings (SSSR count). The molecule has 0 radical (unpaired) electrons. The maximum atomic E-state index is 4.03. The summed E-state index contributed by atoms with van der Waals surface area (Å²) in [5.74, 6) is 0. The van der Waals surface area contributed by atoms with Crippen LogP contribution in [-0.2, 0) is 7.05 Å². The first-order valence-electron chi connectivity index (χ1n) is 2.25. The van der Waals surface area contributed by atoms with Gasteiger partial charge in [0.1, 0.15) is 0 Å². The molecule has 0 unspecified atom stereocenters. The van der Waals surface area contributed by atoms with E-state index in [4.69, 9.17) is 0 Å². The molecule has 2 heteroatoms. The van der Waals surface area contributed by atoms with E-state index < -0.39 is 0 Å². The van der Waals surface area contributed by atoms with E-state index in [1.807, 2.05) is 26.2 Å². The van der Waals surface area contributed by atoms with E-state index in [9.17, 15) is 0 Å². The van der Waals surface area contributed by atoms with Gasteiger partial charge in [-0.05, 0) is 13.0 Å². The topological polar surface area (TPSA) is 17.8 Å². The molecule has 1 aromatic heterocycles. The fraction of sp³-hybridized carbons (Fsp3) is 0.400. The summed E-state index contributed by atoms with van der Waals surface area (Å²) in [5, 5.41) is 4.03. The molecule has 0 aliphatic carbocycles. The highest BCUT2D eigenvalue weighted by atomic mass is 15.2. The Kier molecular flexibility index (Phi) is 0.855. The van der Waals surface area contributed by atoms with Gasteiger partial charge in [-0.25, -0.2) is 0 Å². The molecule has 0 N–H and O–H groups in total. The zero-order valence-corrected chi connectivity index (χ0v) is 4.55. The molecule has 38 valence electrons. The molecule has 0 spiro atoms. The molecule has 0 saturated carbocycles. The lowest BCUT2D eigenvalue weighted by Gasteiger charge is -1.79. The maximum Gasteiger partial charge on any atom is 0.0593 e. The van der Waals surface area contributed by atoms with Crippen molar-refractivity contribution in [2.75, 3.05) is 0 Å². The Bertz CT molecular complexity index is 138. The number of rotatable bonds is 0. The third-order valence-electron chi connectivity index (χ3n) is 0.847. The van der Waals surface area contributed by atoms with Gasteiger partial charge in [0.15, 0.2) is 0 Å². The van der Waals surface area contributed by atoms with Crippen LogP contribution in [0.25, 0.3) is 0 Å². The molecule has 2 nitrogen and oxygen atoms in total. The molecule has 0 aliphatic heterocycles. The van der Waals surface area contributed by atoms with Gasteiger partial charge in [-0.1, -0.05) is 0 Å². The minimum absolute atomic E-state index is 1.07. The molecular formula is C5H8N2. The Morgan fingerprint density at radius 2 is 2.43 bits per heavy atom. The summed E-state index contributed by atoms with van der Waals surface area (Å²) in [6.45, 7) is 1.97. The molecule has 0 bridgehead atoms. The van der Waals surface area contributed by atoms with Crippen molar-refractivity contribution >= 4 is 0 Å². The number of hydrogen-bond acceptors (Lipinski definition) is 1. The van der Waals surface area contributed by atoms with Gasteiger partial charge in [-0.3, -0.25) is 4.68 Å². The third kappa shape index (κ3) is 0.796. The molecule has 0 aliphatic rings. The maximum absolute atomic E-state index is 4.03. The number of hydrogen-bond donors (Lipinski definition) is 0. The minimum Gasteiger partial charge on any atom is -0.276 e. The zero-order chi connectivity index (χ0) is 5.28. The van der Waals surface area contributed by atoms with Crippen LogP contribution in [0.2, 0.25) is 0 Å². The Labute approximate surface area is 42.8 Å². The van der Waals surface area contributed by atoms with E-state index >= 15 is 0 Å². The van der Waals surface area contributed by atoms with Crippen molar-refractivity contribution in [3.8, 4) is 0 Å². The van der Waals surface area contributed by atoms with E-state index in [2.05, 4.69) is 5.10 Å². The quantitative estimate of drug-likeness (QED) is 0.465. The summed E-state index contributed by atoms with van der Waals surface area (Å²) in [5.41, 5.74) is 1.07. The van der Waals surface area contributed by atoms with E-state index in [1.54, 1.807) is 4.68 Å². The van der Waals surface area contributed by atoms with Gasteiger partial charge in [0.2, 0.25) is 0 Å². The van der Waals surface area contributed by atoms with Crippen LogP contribution >= 0.6 is 0 Å². The fourth-order valence-electron chi connectivity index (χ4n) is 0.531. The second-order valence-corrected chi connectivity index (χ2v) is 1.63. The fourth-order valence-corrected chi connectivity index (χ4v) is 0.531. The highest BCUT2D eigenvalue weighted by Crippen LogP contribution is 1.86. The van der Waals surface area contributed by atoms with Crippen LogP contribution in [0.4, 0.5) is 0 Å². The van der Waals surface area contributed by atoms with Crippen LogP contribution in [0.1, 0.15) is 5.69 Å². The number of aryl methyl sites for hydroxylation is 2. The van der Waals surface area contributed by atoms with E-state index in [1.165, 1.54) is 0 Å². The lowest BCUT2D eigenvalue weighted by molar-refractivity contribution is 0.756. The molecule has 1 heterocycles. The molecule has 0 aromatic carbocycles. The molecule has 0 amide bonds. The lowest BCUT2D eigenvalue weighted by atomic mass is 10.5. The standard InChI is InChI=1S/C5H8N2/c1-5-3-4-7(2)6-5/h3-4H,1-2H3. The second kappa shape index (κ2) is 1.37. The van der Waals surface area contributed by atoms with Gasteiger partial charge in [-0.2, -0.15) is 5.10 Å². The Balaban J connectivity index is 3.04. The molecule has 0 atom stereocenters. The highest BCUT2D eigenvalue weighted by molar-refractivity contribution is 4.93. The smallest absolute Gasteiger partial charge is 0.0593 e.